The van der Waals surface area contributed by atoms with E-state index >= 15 is 0 Å². The van der Waals surface area contributed by atoms with E-state index in [1.54, 1.807) is 25.6 Å². The van der Waals surface area contributed by atoms with Gasteiger partial charge in [-0.25, -0.2) is 4.79 Å². The first-order valence-corrected chi connectivity index (χ1v) is 6.48. The third kappa shape index (κ3) is 2.88. The van der Waals surface area contributed by atoms with Gasteiger partial charge in [-0.05, 0) is 31.5 Å². The molecule has 106 valence electrons. The Kier molecular flexibility index (Phi) is 4.53. The van der Waals surface area contributed by atoms with E-state index in [0.29, 0.717) is 12.2 Å². The lowest BCUT2D eigenvalue weighted by Gasteiger charge is -2.11. The molecule has 0 spiro atoms. The van der Waals surface area contributed by atoms with E-state index in [2.05, 4.69) is 4.98 Å². The minimum absolute atomic E-state index is 0.342. The maximum atomic E-state index is 11.3. The lowest BCUT2D eigenvalue weighted by atomic mass is 10.2. The highest BCUT2D eigenvalue weighted by molar-refractivity contribution is 5.91. The molecule has 0 aliphatic rings. The summed E-state index contributed by atoms with van der Waals surface area (Å²) in [6, 6.07) is 5.49. The maximum Gasteiger partial charge on any atom is 0.337 e. The molecule has 0 atom stereocenters. The molecule has 0 saturated carbocycles. The number of hydrogen-bond donors (Lipinski definition) is 1. The van der Waals surface area contributed by atoms with E-state index in [-0.39, 0.29) is 0 Å². The van der Waals surface area contributed by atoms with E-state index in [9.17, 15) is 9.90 Å². The largest absolute Gasteiger partial charge is 0.478 e. The van der Waals surface area contributed by atoms with Crippen LogP contribution in [0.4, 0.5) is 0 Å². The lowest BCUT2D eigenvalue weighted by Crippen LogP contribution is -2.06. The fourth-order valence-electron chi connectivity index (χ4n) is 2.28. The zero-order valence-electron chi connectivity index (χ0n) is 11.7. The van der Waals surface area contributed by atoms with Crippen LogP contribution in [-0.2, 0) is 11.3 Å². The molecule has 2 heterocycles. The summed E-state index contributed by atoms with van der Waals surface area (Å²) >= 11 is 0. The molecule has 2 rings (SSSR count). The molecule has 5 nitrogen and oxygen atoms in total. The van der Waals surface area contributed by atoms with Gasteiger partial charge in [-0.3, -0.25) is 4.98 Å². The molecule has 0 fully saturated rings. The van der Waals surface area contributed by atoms with Crippen LogP contribution in [-0.4, -0.2) is 34.3 Å². The van der Waals surface area contributed by atoms with Gasteiger partial charge in [0, 0.05) is 49.6 Å². The highest BCUT2D eigenvalue weighted by Crippen LogP contribution is 2.26. The van der Waals surface area contributed by atoms with Crippen LogP contribution in [0.3, 0.4) is 0 Å². The number of aromatic nitrogens is 2. The fourth-order valence-corrected chi connectivity index (χ4v) is 2.28. The first-order valence-electron chi connectivity index (χ1n) is 6.48. The summed E-state index contributed by atoms with van der Waals surface area (Å²) in [6.45, 7) is 3.21. The summed E-state index contributed by atoms with van der Waals surface area (Å²) in [5.74, 6) is -0.900. The molecular weight excluding hydrogens is 256 g/mol. The topological polar surface area (TPSA) is 64.4 Å². The van der Waals surface area contributed by atoms with E-state index in [1.165, 1.54) is 0 Å². The average molecular weight is 274 g/mol. The summed E-state index contributed by atoms with van der Waals surface area (Å²) in [7, 11) is 1.66. The summed E-state index contributed by atoms with van der Waals surface area (Å²) in [6.07, 6.45) is 4.25. The van der Waals surface area contributed by atoms with Crippen LogP contribution in [0.15, 0.2) is 30.6 Å². The van der Waals surface area contributed by atoms with Gasteiger partial charge in [-0.1, -0.05) is 0 Å². The fraction of sp³-hybridized carbons (Fsp3) is 0.333. The third-order valence-electron chi connectivity index (χ3n) is 3.30. The first-order chi connectivity index (χ1) is 9.65. The van der Waals surface area contributed by atoms with Gasteiger partial charge in [-0.15, -0.1) is 0 Å². The van der Waals surface area contributed by atoms with E-state index in [1.807, 2.05) is 23.6 Å². The normalized spacial score (nSPS) is 10.7. The Morgan fingerprint density at radius 3 is 2.70 bits per heavy atom. The zero-order chi connectivity index (χ0) is 14.5. The number of aromatic carboxylic acids is 1. The minimum Gasteiger partial charge on any atom is -0.478 e. The quantitative estimate of drug-likeness (QED) is 0.822. The average Bonchev–Trinajstić information content (AvgIpc) is 2.78. The molecule has 0 bridgehead atoms. The maximum absolute atomic E-state index is 11.3. The highest BCUT2D eigenvalue weighted by atomic mass is 16.5. The van der Waals surface area contributed by atoms with Crippen molar-refractivity contribution in [3.8, 4) is 11.3 Å². The number of carboxylic acid groups (broad SMARTS) is 1. The molecule has 20 heavy (non-hydrogen) atoms. The molecule has 2 aromatic heterocycles. The number of pyridine rings is 1. The van der Waals surface area contributed by atoms with Crippen molar-refractivity contribution in [2.45, 2.75) is 19.9 Å². The third-order valence-corrected chi connectivity index (χ3v) is 3.30. The van der Waals surface area contributed by atoms with Crippen molar-refractivity contribution in [1.82, 2.24) is 9.55 Å². The van der Waals surface area contributed by atoms with Crippen LogP contribution in [0, 0.1) is 6.92 Å². The van der Waals surface area contributed by atoms with Gasteiger partial charge >= 0.3 is 5.97 Å². The van der Waals surface area contributed by atoms with Crippen molar-refractivity contribution in [3.05, 3.63) is 41.9 Å². The van der Waals surface area contributed by atoms with E-state index < -0.39 is 5.97 Å². The van der Waals surface area contributed by atoms with Gasteiger partial charge in [0.05, 0.1) is 5.56 Å². The zero-order valence-corrected chi connectivity index (χ0v) is 11.7. The number of methoxy groups -OCH3 is 1. The number of ether oxygens (including phenoxy) is 1. The van der Waals surface area contributed by atoms with Crippen molar-refractivity contribution in [1.29, 1.82) is 0 Å². The van der Waals surface area contributed by atoms with Gasteiger partial charge in [-0.2, -0.15) is 0 Å². The molecule has 0 amide bonds. The standard InChI is InChI=1S/C15H18N2O3/c1-11-13(15(18)19)10-14(12-4-6-16-7-5-12)17(11)8-3-9-20-2/h4-7,10H,3,8-9H2,1-2H3,(H,18,19). The van der Waals surface area contributed by atoms with Crippen molar-refractivity contribution in [2.75, 3.05) is 13.7 Å². The Labute approximate surface area is 117 Å². The Bertz CT molecular complexity index is 591. The summed E-state index contributed by atoms with van der Waals surface area (Å²) in [5.41, 5.74) is 2.97. The number of hydrogen-bond acceptors (Lipinski definition) is 3. The van der Waals surface area contributed by atoms with Crippen molar-refractivity contribution in [2.24, 2.45) is 0 Å². The van der Waals surface area contributed by atoms with Crippen LogP contribution in [0.5, 0.6) is 0 Å². The highest BCUT2D eigenvalue weighted by Gasteiger charge is 2.17. The van der Waals surface area contributed by atoms with Gasteiger partial charge in [0.15, 0.2) is 0 Å². The SMILES string of the molecule is COCCCn1c(-c2ccncc2)cc(C(=O)O)c1C. The molecular formula is C15H18N2O3. The second kappa shape index (κ2) is 6.34. The molecule has 0 aliphatic carbocycles. The van der Waals surface area contributed by atoms with Gasteiger partial charge in [0.2, 0.25) is 0 Å². The predicted molar refractivity (Wildman–Crippen MR) is 75.9 cm³/mol. The van der Waals surface area contributed by atoms with Crippen molar-refractivity contribution >= 4 is 5.97 Å². The van der Waals surface area contributed by atoms with Gasteiger partial charge in [0.1, 0.15) is 0 Å². The Hall–Kier alpha value is -2.14. The minimum atomic E-state index is -0.900. The molecule has 0 aromatic carbocycles. The monoisotopic (exact) mass is 274 g/mol. The molecule has 1 N–H and O–H groups in total. The summed E-state index contributed by atoms with van der Waals surface area (Å²) < 4.78 is 7.09. The van der Waals surface area contributed by atoms with Gasteiger partial charge < -0.3 is 14.4 Å². The Balaban J connectivity index is 2.43. The van der Waals surface area contributed by atoms with Crippen molar-refractivity contribution < 1.29 is 14.6 Å². The van der Waals surface area contributed by atoms with Crippen LogP contribution < -0.4 is 0 Å². The Morgan fingerprint density at radius 1 is 1.40 bits per heavy atom. The molecule has 2 aromatic rings. The molecule has 0 radical (unpaired) electrons. The number of carboxylic acids is 1. The molecule has 5 heteroatoms. The van der Waals surface area contributed by atoms with E-state index in [0.717, 1.165) is 29.9 Å². The second-order valence-electron chi connectivity index (χ2n) is 4.57. The summed E-state index contributed by atoms with van der Waals surface area (Å²) in [4.78, 5) is 15.3. The van der Waals surface area contributed by atoms with Crippen LogP contribution in [0.2, 0.25) is 0 Å². The van der Waals surface area contributed by atoms with Gasteiger partial charge in [0.25, 0.3) is 0 Å². The second-order valence-corrected chi connectivity index (χ2v) is 4.57. The molecule has 0 unspecified atom stereocenters. The lowest BCUT2D eigenvalue weighted by molar-refractivity contribution is 0.0696. The van der Waals surface area contributed by atoms with Crippen molar-refractivity contribution in [3.63, 3.8) is 0 Å². The number of nitrogens with zero attached hydrogens (tertiary/aromatic N) is 2. The van der Waals surface area contributed by atoms with Crippen LogP contribution >= 0.6 is 0 Å². The Morgan fingerprint density at radius 2 is 2.10 bits per heavy atom. The summed E-state index contributed by atoms with van der Waals surface area (Å²) in [5, 5.41) is 9.27. The van der Waals surface area contributed by atoms with E-state index in [4.69, 9.17) is 4.74 Å². The molecule has 0 aliphatic heterocycles. The smallest absolute Gasteiger partial charge is 0.337 e. The molecule has 0 saturated heterocycles. The van der Waals surface area contributed by atoms with Crippen LogP contribution in [0.1, 0.15) is 22.5 Å². The number of rotatable bonds is 6. The first kappa shape index (κ1) is 14.3. The predicted octanol–water partition coefficient (Wildman–Crippen LogP) is 2.59. The number of carbonyl (C=O) groups is 1. The van der Waals surface area contributed by atoms with Crippen LogP contribution in [0.25, 0.3) is 11.3 Å².